The number of aryl methyl sites for hydroxylation is 1. The summed E-state index contributed by atoms with van der Waals surface area (Å²) in [5, 5.41) is 3.61. The van der Waals surface area contributed by atoms with Gasteiger partial charge in [-0.1, -0.05) is 0 Å². The molecule has 166 valence electrons. The van der Waals surface area contributed by atoms with Gasteiger partial charge in [0.15, 0.2) is 5.79 Å². The molecule has 2 heterocycles. The van der Waals surface area contributed by atoms with E-state index in [0.717, 1.165) is 48.9 Å². The van der Waals surface area contributed by atoms with Crippen LogP contribution in [0.4, 0.5) is 13.2 Å². The Morgan fingerprint density at radius 2 is 1.93 bits per heavy atom. The van der Waals surface area contributed by atoms with Gasteiger partial charge in [0, 0.05) is 24.3 Å². The summed E-state index contributed by atoms with van der Waals surface area (Å²) in [4.78, 5) is 0. The van der Waals surface area contributed by atoms with Crippen LogP contribution in [0.3, 0.4) is 0 Å². The van der Waals surface area contributed by atoms with Gasteiger partial charge in [-0.3, -0.25) is 0 Å². The largest absolute Gasteiger partial charge is 0.534 e. The van der Waals surface area contributed by atoms with E-state index in [0.29, 0.717) is 19.6 Å². The summed E-state index contributed by atoms with van der Waals surface area (Å²) in [6, 6.07) is 3.17. The molecule has 2 saturated heterocycles. The third-order valence-electron chi connectivity index (χ3n) is 7.30. The highest BCUT2D eigenvalue weighted by molar-refractivity contribution is 7.88. The van der Waals surface area contributed by atoms with Crippen LogP contribution in [0.25, 0.3) is 0 Å². The molecule has 3 unspecified atom stereocenters. The molecule has 0 aromatic heterocycles. The number of benzene rings is 1. The lowest BCUT2D eigenvalue weighted by molar-refractivity contribution is -0.207. The monoisotopic (exact) mass is 447 g/mol. The van der Waals surface area contributed by atoms with E-state index in [1.54, 1.807) is 6.92 Å². The lowest BCUT2D eigenvalue weighted by Crippen LogP contribution is -2.63. The molecule has 1 saturated carbocycles. The number of hydrogen-bond donors (Lipinski definition) is 1. The Labute approximate surface area is 173 Å². The maximum Gasteiger partial charge on any atom is 0.534 e. The van der Waals surface area contributed by atoms with E-state index in [4.69, 9.17) is 9.47 Å². The third kappa shape index (κ3) is 2.98. The van der Waals surface area contributed by atoms with Gasteiger partial charge in [-0.2, -0.15) is 21.6 Å². The standard InChI is InChI=1S/C20H24F3NO5S/c1-12-8-13(29-30(25,26)20(21,22)23)9-16-14(12)10-17-15-2-3-19(27-6-7-28-19)11-18(15,16)4-5-24-17/h8-9,15,17,24H,2-7,10-11H2,1H3. The van der Waals surface area contributed by atoms with Crippen molar-refractivity contribution in [1.29, 1.82) is 0 Å². The number of piperidine rings is 1. The minimum Gasteiger partial charge on any atom is -0.376 e. The van der Waals surface area contributed by atoms with Crippen LogP contribution >= 0.6 is 0 Å². The fraction of sp³-hybridized carbons (Fsp3) is 0.700. The highest BCUT2D eigenvalue weighted by Gasteiger charge is 2.59. The second-order valence-corrected chi connectivity index (χ2v) is 10.4. The summed E-state index contributed by atoms with van der Waals surface area (Å²) in [5.74, 6) is -0.678. The predicted molar refractivity (Wildman–Crippen MR) is 101 cm³/mol. The molecule has 1 aromatic carbocycles. The van der Waals surface area contributed by atoms with Crippen LogP contribution in [-0.4, -0.2) is 45.5 Å². The summed E-state index contributed by atoms with van der Waals surface area (Å²) in [6.07, 6.45) is 3.82. The van der Waals surface area contributed by atoms with Gasteiger partial charge in [-0.15, -0.1) is 0 Å². The van der Waals surface area contributed by atoms with Gasteiger partial charge in [0.25, 0.3) is 0 Å². The van der Waals surface area contributed by atoms with Gasteiger partial charge in [0.05, 0.1) is 13.2 Å². The molecule has 3 fully saturated rings. The summed E-state index contributed by atoms with van der Waals surface area (Å²) < 4.78 is 78.3. The first kappa shape index (κ1) is 20.5. The Hall–Kier alpha value is -1.36. The average molecular weight is 447 g/mol. The van der Waals surface area contributed by atoms with Crippen LogP contribution in [0.2, 0.25) is 0 Å². The average Bonchev–Trinajstić information content (AvgIpc) is 3.08. The number of ether oxygens (including phenoxy) is 2. The predicted octanol–water partition coefficient (Wildman–Crippen LogP) is 2.92. The number of nitrogens with one attached hydrogen (secondary N) is 1. The molecule has 0 radical (unpaired) electrons. The molecule has 10 heteroatoms. The van der Waals surface area contributed by atoms with E-state index < -0.39 is 21.4 Å². The number of rotatable bonds is 2. The second-order valence-electron chi connectivity index (χ2n) is 8.85. The van der Waals surface area contributed by atoms with Crippen LogP contribution < -0.4 is 9.50 Å². The molecular weight excluding hydrogens is 423 g/mol. The first-order valence-electron chi connectivity index (χ1n) is 10.2. The van der Waals surface area contributed by atoms with Gasteiger partial charge >= 0.3 is 15.6 Å². The van der Waals surface area contributed by atoms with Crippen LogP contribution in [0.5, 0.6) is 5.75 Å². The van der Waals surface area contributed by atoms with Crippen LogP contribution in [0, 0.1) is 12.8 Å². The molecule has 2 aliphatic heterocycles. The minimum atomic E-state index is -5.73. The van der Waals surface area contributed by atoms with E-state index >= 15 is 0 Å². The molecule has 0 amide bonds. The highest BCUT2D eigenvalue weighted by atomic mass is 32.2. The van der Waals surface area contributed by atoms with E-state index in [1.807, 2.05) is 0 Å². The quantitative estimate of drug-likeness (QED) is 0.555. The molecule has 3 atom stereocenters. The van der Waals surface area contributed by atoms with Crippen molar-refractivity contribution in [3.63, 3.8) is 0 Å². The highest BCUT2D eigenvalue weighted by Crippen LogP contribution is 2.58. The molecule has 30 heavy (non-hydrogen) atoms. The molecule has 6 nitrogen and oxygen atoms in total. The molecule has 1 spiro atoms. The number of halogens is 3. The number of fused-ring (bicyclic) bond motifs is 1. The van der Waals surface area contributed by atoms with Crippen molar-refractivity contribution in [2.45, 2.75) is 61.8 Å². The Morgan fingerprint density at radius 1 is 1.20 bits per heavy atom. The van der Waals surface area contributed by atoms with Crippen molar-refractivity contribution in [2.24, 2.45) is 5.92 Å². The molecule has 1 N–H and O–H groups in total. The van der Waals surface area contributed by atoms with Crippen molar-refractivity contribution in [3.05, 3.63) is 28.8 Å². The van der Waals surface area contributed by atoms with Crippen molar-refractivity contribution >= 4 is 10.1 Å². The van der Waals surface area contributed by atoms with Crippen LogP contribution in [0.15, 0.2) is 12.1 Å². The summed E-state index contributed by atoms with van der Waals surface area (Å²) in [7, 11) is -5.73. The first-order chi connectivity index (χ1) is 14.1. The smallest absolute Gasteiger partial charge is 0.376 e. The molecule has 5 rings (SSSR count). The van der Waals surface area contributed by atoms with Crippen molar-refractivity contribution in [1.82, 2.24) is 5.32 Å². The SMILES string of the molecule is Cc1cc(OS(=O)(=O)C(F)(F)F)cc2c1CC1NCCC23CC2(CCC13)OCCO2. The van der Waals surface area contributed by atoms with E-state index in [1.165, 1.54) is 12.1 Å². The minimum absolute atomic E-state index is 0.273. The van der Waals surface area contributed by atoms with E-state index in [2.05, 4.69) is 9.50 Å². The van der Waals surface area contributed by atoms with E-state index in [-0.39, 0.29) is 23.1 Å². The van der Waals surface area contributed by atoms with Crippen molar-refractivity contribution in [2.75, 3.05) is 19.8 Å². The molecule has 1 aromatic rings. The summed E-state index contributed by atoms with van der Waals surface area (Å²) in [6.45, 7) is 3.63. The zero-order valence-corrected chi connectivity index (χ0v) is 17.4. The Bertz CT molecular complexity index is 973. The fourth-order valence-electron chi connectivity index (χ4n) is 6.16. The van der Waals surface area contributed by atoms with Crippen LogP contribution in [0.1, 0.15) is 42.4 Å². The van der Waals surface area contributed by atoms with Gasteiger partial charge in [0.1, 0.15) is 5.75 Å². The fourth-order valence-corrected chi connectivity index (χ4v) is 6.61. The molecular formula is C20H24F3NO5S. The second kappa shape index (κ2) is 6.57. The van der Waals surface area contributed by atoms with Crippen LogP contribution in [-0.2, 0) is 31.4 Å². The maximum absolute atomic E-state index is 12.9. The lowest BCUT2D eigenvalue weighted by atomic mass is 9.51. The number of hydrogen-bond acceptors (Lipinski definition) is 6. The first-order valence-corrected chi connectivity index (χ1v) is 11.6. The zero-order valence-electron chi connectivity index (χ0n) is 16.5. The number of alkyl halides is 3. The molecule has 4 aliphatic rings. The Morgan fingerprint density at radius 3 is 2.63 bits per heavy atom. The van der Waals surface area contributed by atoms with Gasteiger partial charge in [-0.25, -0.2) is 0 Å². The maximum atomic E-state index is 12.9. The topological polar surface area (TPSA) is 73.9 Å². The molecule has 2 bridgehead atoms. The van der Waals surface area contributed by atoms with Gasteiger partial charge in [-0.05, 0) is 67.5 Å². The summed E-state index contributed by atoms with van der Waals surface area (Å²) >= 11 is 0. The van der Waals surface area contributed by atoms with Crippen molar-refractivity contribution < 1.29 is 35.2 Å². The van der Waals surface area contributed by atoms with Crippen molar-refractivity contribution in [3.8, 4) is 5.75 Å². The van der Waals surface area contributed by atoms with Gasteiger partial charge < -0.3 is 19.0 Å². The molecule has 2 aliphatic carbocycles. The Balaban J connectivity index is 1.61. The van der Waals surface area contributed by atoms with Gasteiger partial charge in [0.2, 0.25) is 0 Å². The van der Waals surface area contributed by atoms with E-state index in [9.17, 15) is 21.6 Å². The lowest BCUT2D eigenvalue weighted by Gasteiger charge is -2.59. The summed E-state index contributed by atoms with van der Waals surface area (Å²) in [5.41, 5.74) is -3.15. The normalized spacial score (nSPS) is 32.5. The zero-order chi connectivity index (χ0) is 21.4. The third-order valence-corrected chi connectivity index (χ3v) is 8.28. The Kier molecular flexibility index (Phi) is 4.50.